The molecule has 0 bridgehead atoms. The lowest BCUT2D eigenvalue weighted by Crippen LogP contribution is -2.38. The molecule has 3 heterocycles. The van der Waals surface area contributed by atoms with E-state index in [0.717, 1.165) is 25.7 Å². The van der Waals surface area contributed by atoms with Crippen molar-refractivity contribution in [1.29, 1.82) is 0 Å². The van der Waals surface area contributed by atoms with E-state index in [1.54, 1.807) is 30.2 Å². The van der Waals surface area contributed by atoms with Crippen LogP contribution in [0.15, 0.2) is 45.6 Å². The zero-order valence-corrected chi connectivity index (χ0v) is 19.7. The minimum absolute atomic E-state index is 0.000246. The first-order chi connectivity index (χ1) is 17.0. The molecule has 9 heteroatoms. The Balaban J connectivity index is 1.57. The second-order valence-corrected chi connectivity index (χ2v) is 8.64. The number of carbonyl (C=O) groups is 1. The van der Waals surface area contributed by atoms with Gasteiger partial charge in [-0.3, -0.25) is 14.5 Å². The van der Waals surface area contributed by atoms with Gasteiger partial charge in [0.1, 0.15) is 11.4 Å². The lowest BCUT2D eigenvalue weighted by Gasteiger charge is -2.29. The van der Waals surface area contributed by atoms with Gasteiger partial charge in [0.05, 0.1) is 44.4 Å². The van der Waals surface area contributed by atoms with E-state index in [2.05, 4.69) is 4.90 Å². The smallest absolute Gasteiger partial charge is 0.290 e. The van der Waals surface area contributed by atoms with E-state index in [0.29, 0.717) is 43.2 Å². The number of methoxy groups -OCH3 is 2. The second-order valence-electron chi connectivity index (χ2n) is 8.64. The number of hydrogen-bond acceptors (Lipinski definition) is 7. The molecule has 1 aromatic heterocycles. The van der Waals surface area contributed by atoms with Crippen LogP contribution in [-0.4, -0.2) is 69.3 Å². The van der Waals surface area contributed by atoms with Crippen LogP contribution in [0, 0.1) is 5.82 Å². The number of carbonyl (C=O) groups excluding carboxylic acids is 1. The maximum Gasteiger partial charge on any atom is 0.290 e. The van der Waals surface area contributed by atoms with Gasteiger partial charge >= 0.3 is 0 Å². The van der Waals surface area contributed by atoms with E-state index in [1.165, 1.54) is 19.2 Å². The number of benzene rings is 2. The van der Waals surface area contributed by atoms with Crippen LogP contribution in [0.25, 0.3) is 11.0 Å². The van der Waals surface area contributed by atoms with Gasteiger partial charge in [0, 0.05) is 26.2 Å². The molecule has 0 aliphatic carbocycles. The Hall–Kier alpha value is -3.43. The first kappa shape index (κ1) is 23.3. The Bertz CT molecular complexity index is 1320. The number of ether oxygens (including phenoxy) is 3. The second kappa shape index (κ2) is 9.67. The van der Waals surface area contributed by atoms with Gasteiger partial charge in [-0.15, -0.1) is 0 Å². The SMILES string of the molecule is COc1ccc([C@H]2c3c(oc4ccc(F)cc4c3=O)C(=O)N2CCCN2CCOCC2)cc1OC. The van der Waals surface area contributed by atoms with Crippen LogP contribution in [0.5, 0.6) is 11.5 Å². The average molecular weight is 483 g/mol. The summed E-state index contributed by atoms with van der Waals surface area (Å²) in [5.41, 5.74) is 0.671. The molecule has 8 nitrogen and oxygen atoms in total. The summed E-state index contributed by atoms with van der Waals surface area (Å²) < 4.78 is 36.1. The van der Waals surface area contributed by atoms with Crippen LogP contribution in [0.2, 0.25) is 0 Å². The predicted molar refractivity (Wildman–Crippen MR) is 127 cm³/mol. The van der Waals surface area contributed by atoms with Crippen molar-refractivity contribution in [2.45, 2.75) is 12.5 Å². The fourth-order valence-electron chi connectivity index (χ4n) is 4.88. The van der Waals surface area contributed by atoms with Crippen LogP contribution in [0.1, 0.15) is 34.1 Å². The summed E-state index contributed by atoms with van der Waals surface area (Å²) in [5, 5.41) is 0.109. The highest BCUT2D eigenvalue weighted by Crippen LogP contribution is 2.41. The van der Waals surface area contributed by atoms with Gasteiger partial charge < -0.3 is 23.5 Å². The zero-order valence-electron chi connectivity index (χ0n) is 19.7. The van der Waals surface area contributed by atoms with Crippen LogP contribution in [0.3, 0.4) is 0 Å². The first-order valence-electron chi connectivity index (χ1n) is 11.6. The highest BCUT2D eigenvalue weighted by Gasteiger charge is 2.42. The quantitative estimate of drug-likeness (QED) is 0.512. The summed E-state index contributed by atoms with van der Waals surface area (Å²) in [7, 11) is 3.07. The lowest BCUT2D eigenvalue weighted by molar-refractivity contribution is 0.0353. The molecule has 0 radical (unpaired) electrons. The predicted octanol–water partition coefficient (Wildman–Crippen LogP) is 3.22. The molecule has 35 heavy (non-hydrogen) atoms. The van der Waals surface area contributed by atoms with E-state index >= 15 is 0 Å². The number of nitrogens with zero attached hydrogens (tertiary/aromatic N) is 2. The molecule has 184 valence electrons. The zero-order chi connectivity index (χ0) is 24.5. The molecule has 1 amide bonds. The van der Waals surface area contributed by atoms with Gasteiger partial charge in [0.15, 0.2) is 16.9 Å². The third kappa shape index (κ3) is 4.26. The Labute approximate surface area is 201 Å². The number of halogens is 1. The maximum absolute atomic E-state index is 14.0. The summed E-state index contributed by atoms with van der Waals surface area (Å²) >= 11 is 0. The summed E-state index contributed by atoms with van der Waals surface area (Å²) in [4.78, 5) is 31.0. The van der Waals surface area contributed by atoms with Crippen molar-refractivity contribution in [3.8, 4) is 11.5 Å². The van der Waals surface area contributed by atoms with Crippen LogP contribution < -0.4 is 14.9 Å². The topological polar surface area (TPSA) is 81.5 Å². The largest absolute Gasteiger partial charge is 0.493 e. The average Bonchev–Trinajstić information content (AvgIpc) is 3.16. The molecule has 5 rings (SSSR count). The molecule has 3 aromatic rings. The van der Waals surface area contributed by atoms with Crippen molar-refractivity contribution in [3.05, 3.63) is 69.3 Å². The standard InChI is InChI=1S/C26H27FN2O6/c1-32-20-6-4-16(14-21(20)33-2)23-22-24(30)18-15-17(27)5-7-19(18)35-25(22)26(31)29(23)9-3-8-28-10-12-34-13-11-28/h4-7,14-15,23H,3,8-13H2,1-2H3/t23-/m0/s1. The number of rotatable bonds is 7. The van der Waals surface area contributed by atoms with E-state index in [-0.39, 0.29) is 28.2 Å². The van der Waals surface area contributed by atoms with Crippen molar-refractivity contribution < 1.29 is 27.8 Å². The van der Waals surface area contributed by atoms with Crippen molar-refractivity contribution in [1.82, 2.24) is 9.80 Å². The Morgan fingerprint density at radius 2 is 1.77 bits per heavy atom. The molecule has 0 N–H and O–H groups in total. The minimum Gasteiger partial charge on any atom is -0.493 e. The van der Waals surface area contributed by atoms with E-state index in [4.69, 9.17) is 18.6 Å². The summed E-state index contributed by atoms with van der Waals surface area (Å²) in [6.45, 7) is 4.32. The molecule has 0 saturated carbocycles. The van der Waals surface area contributed by atoms with Gasteiger partial charge in [0.25, 0.3) is 5.91 Å². The molecule has 2 aromatic carbocycles. The van der Waals surface area contributed by atoms with E-state index < -0.39 is 17.3 Å². The van der Waals surface area contributed by atoms with Gasteiger partial charge in [0.2, 0.25) is 5.76 Å². The Morgan fingerprint density at radius 1 is 1.00 bits per heavy atom. The number of morpholine rings is 1. The van der Waals surface area contributed by atoms with E-state index in [1.807, 2.05) is 0 Å². The van der Waals surface area contributed by atoms with Gasteiger partial charge in [-0.05, 0) is 42.3 Å². The fraction of sp³-hybridized carbons (Fsp3) is 0.385. The normalized spacial score (nSPS) is 18.2. The molecule has 1 saturated heterocycles. The third-order valence-electron chi connectivity index (χ3n) is 6.63. The molecule has 0 spiro atoms. The number of fused-ring (bicyclic) bond motifs is 2. The molecule has 1 atom stereocenters. The third-order valence-corrected chi connectivity index (χ3v) is 6.63. The molecular formula is C26H27FN2O6. The van der Waals surface area contributed by atoms with Gasteiger partial charge in [-0.1, -0.05) is 6.07 Å². The Morgan fingerprint density at radius 3 is 2.51 bits per heavy atom. The number of amides is 1. The fourth-order valence-corrected chi connectivity index (χ4v) is 4.88. The lowest BCUT2D eigenvalue weighted by atomic mass is 9.98. The summed E-state index contributed by atoms with van der Waals surface area (Å²) in [6, 6.07) is 8.36. The minimum atomic E-state index is -0.689. The van der Waals surface area contributed by atoms with Crippen molar-refractivity contribution >= 4 is 16.9 Å². The highest BCUT2D eigenvalue weighted by atomic mass is 19.1. The van der Waals surface area contributed by atoms with Gasteiger partial charge in [-0.2, -0.15) is 0 Å². The van der Waals surface area contributed by atoms with Gasteiger partial charge in [-0.25, -0.2) is 4.39 Å². The molecule has 2 aliphatic heterocycles. The van der Waals surface area contributed by atoms with Crippen LogP contribution in [0.4, 0.5) is 4.39 Å². The Kier molecular flexibility index (Phi) is 6.44. The highest BCUT2D eigenvalue weighted by molar-refractivity contribution is 5.99. The number of hydrogen-bond donors (Lipinski definition) is 0. The van der Waals surface area contributed by atoms with Crippen LogP contribution in [-0.2, 0) is 4.74 Å². The summed E-state index contributed by atoms with van der Waals surface area (Å²) in [6.07, 6.45) is 0.714. The summed E-state index contributed by atoms with van der Waals surface area (Å²) in [5.74, 6) is 0.118. The van der Waals surface area contributed by atoms with Crippen molar-refractivity contribution in [2.75, 3.05) is 53.6 Å². The molecule has 0 unspecified atom stereocenters. The maximum atomic E-state index is 14.0. The van der Waals surface area contributed by atoms with E-state index in [9.17, 15) is 14.0 Å². The van der Waals surface area contributed by atoms with Crippen molar-refractivity contribution in [3.63, 3.8) is 0 Å². The molecule has 1 fully saturated rings. The first-order valence-corrected chi connectivity index (χ1v) is 11.6. The monoisotopic (exact) mass is 482 g/mol. The van der Waals surface area contributed by atoms with Crippen molar-refractivity contribution in [2.24, 2.45) is 0 Å². The van der Waals surface area contributed by atoms with Crippen LogP contribution >= 0.6 is 0 Å². The molecular weight excluding hydrogens is 455 g/mol. The molecule has 2 aliphatic rings.